The monoisotopic (exact) mass is 831 g/mol. The molecule has 4 nitrogen and oxygen atoms in total. The van der Waals surface area contributed by atoms with Crippen molar-refractivity contribution in [2.75, 3.05) is 0 Å². The van der Waals surface area contributed by atoms with Crippen LogP contribution in [0.1, 0.15) is 47.2 Å². The van der Waals surface area contributed by atoms with E-state index in [-0.39, 0.29) is 5.41 Å². The lowest BCUT2D eigenvalue weighted by atomic mass is 9.65. The highest BCUT2D eigenvalue weighted by molar-refractivity contribution is 5.99. The smallest absolute Gasteiger partial charge is 0.164 e. The van der Waals surface area contributed by atoms with Crippen LogP contribution >= 0.6 is 0 Å². The van der Waals surface area contributed by atoms with Gasteiger partial charge in [0.25, 0.3) is 0 Å². The van der Waals surface area contributed by atoms with Gasteiger partial charge in [0.1, 0.15) is 11.5 Å². The van der Waals surface area contributed by atoms with Crippen LogP contribution in [0.4, 0.5) is 0 Å². The second-order valence-corrected chi connectivity index (χ2v) is 17.9. The third kappa shape index (κ3) is 5.47. The van der Waals surface area contributed by atoms with Gasteiger partial charge in [-0.3, -0.25) is 0 Å². The van der Waals surface area contributed by atoms with E-state index in [4.69, 9.17) is 19.7 Å². The van der Waals surface area contributed by atoms with Crippen LogP contribution < -0.4 is 4.74 Å². The first kappa shape index (κ1) is 37.4. The highest BCUT2D eigenvalue weighted by Gasteiger charge is 2.52. The van der Waals surface area contributed by atoms with Gasteiger partial charge in [0.15, 0.2) is 17.5 Å². The van der Waals surface area contributed by atoms with E-state index in [0.29, 0.717) is 17.5 Å². The van der Waals surface area contributed by atoms with Crippen molar-refractivity contribution in [2.24, 2.45) is 0 Å². The van der Waals surface area contributed by atoms with Gasteiger partial charge in [-0.1, -0.05) is 202 Å². The second kappa shape index (κ2) is 14.2. The number of aromatic nitrogens is 3. The lowest BCUT2D eigenvalue weighted by molar-refractivity contribution is 0.436. The van der Waals surface area contributed by atoms with Gasteiger partial charge in [0.05, 0.1) is 5.41 Å². The fourth-order valence-corrected chi connectivity index (χ4v) is 11.1. The van der Waals surface area contributed by atoms with Gasteiger partial charge < -0.3 is 4.74 Å². The van der Waals surface area contributed by atoms with Gasteiger partial charge in [-0.25, -0.2) is 15.0 Å². The zero-order chi connectivity index (χ0) is 43.3. The molecule has 0 bridgehead atoms. The van der Waals surface area contributed by atoms with E-state index in [9.17, 15) is 0 Å². The van der Waals surface area contributed by atoms with Crippen molar-refractivity contribution in [2.45, 2.75) is 24.7 Å². The molecule has 1 aliphatic heterocycles. The van der Waals surface area contributed by atoms with Crippen molar-refractivity contribution < 1.29 is 4.74 Å². The van der Waals surface area contributed by atoms with Crippen LogP contribution in [0.25, 0.3) is 78.7 Å². The first-order chi connectivity index (χ1) is 32.0. The van der Waals surface area contributed by atoms with E-state index in [2.05, 4.69) is 202 Å². The van der Waals surface area contributed by atoms with Gasteiger partial charge in [-0.05, 0) is 91.0 Å². The molecule has 65 heavy (non-hydrogen) atoms. The molecule has 13 rings (SSSR count). The molecule has 0 atom stereocenters. The van der Waals surface area contributed by atoms with Gasteiger partial charge in [-0.2, -0.15) is 0 Å². The zero-order valence-corrected chi connectivity index (χ0v) is 36.0. The Labute approximate surface area is 378 Å². The van der Waals surface area contributed by atoms with E-state index >= 15 is 0 Å². The molecule has 1 aromatic heterocycles. The molecule has 306 valence electrons. The van der Waals surface area contributed by atoms with Crippen LogP contribution in [0.3, 0.4) is 0 Å². The number of hydrogen-bond acceptors (Lipinski definition) is 4. The standard InChI is InChI=1S/C61H41N3O/c1-60(2)47-27-10-9-24-44(47)55-43(25-16-30-50(55)60)41-34-35-45-52(37-41)61(48-28-11-13-32-53(48)65-54-33-14-12-29-49(54)61)51-31-17-26-46(56(45)51)59-63-57(39-20-7-4-8-21-39)62-58(64-59)42-23-15-22-40(36-42)38-18-5-3-6-19-38/h3-37H,1-2H3. The minimum absolute atomic E-state index is 0.117. The first-order valence-electron chi connectivity index (χ1n) is 22.4. The molecule has 4 heteroatoms. The van der Waals surface area contributed by atoms with E-state index in [1.54, 1.807) is 0 Å². The molecule has 10 aromatic rings. The van der Waals surface area contributed by atoms with Crippen LogP contribution in [0.2, 0.25) is 0 Å². The molecule has 0 radical (unpaired) electrons. The van der Waals surface area contributed by atoms with Crippen LogP contribution in [0, 0.1) is 0 Å². The number of fused-ring (bicyclic) bond motifs is 12. The van der Waals surface area contributed by atoms with Gasteiger partial charge in [0, 0.05) is 33.2 Å². The summed E-state index contributed by atoms with van der Waals surface area (Å²) in [6.45, 7) is 4.70. The zero-order valence-electron chi connectivity index (χ0n) is 36.0. The van der Waals surface area contributed by atoms with Crippen LogP contribution in [0.5, 0.6) is 11.5 Å². The predicted octanol–water partition coefficient (Wildman–Crippen LogP) is 15.0. The fourth-order valence-electron chi connectivity index (χ4n) is 11.1. The lowest BCUT2D eigenvalue weighted by Gasteiger charge is -2.39. The molecular weight excluding hydrogens is 791 g/mol. The minimum Gasteiger partial charge on any atom is -0.457 e. The fraction of sp³-hybridized carbons (Fsp3) is 0.0656. The number of ether oxygens (including phenoxy) is 1. The molecule has 3 aliphatic rings. The third-order valence-electron chi connectivity index (χ3n) is 14.0. The summed E-state index contributed by atoms with van der Waals surface area (Å²) in [5.41, 5.74) is 18.8. The maximum absolute atomic E-state index is 6.78. The summed E-state index contributed by atoms with van der Waals surface area (Å²) in [6.07, 6.45) is 0. The molecule has 0 N–H and O–H groups in total. The Bertz CT molecular complexity index is 3510. The largest absolute Gasteiger partial charge is 0.457 e. The van der Waals surface area contributed by atoms with Gasteiger partial charge in [-0.15, -0.1) is 0 Å². The van der Waals surface area contributed by atoms with Crippen molar-refractivity contribution in [1.82, 2.24) is 15.0 Å². The van der Waals surface area contributed by atoms with E-state index < -0.39 is 5.41 Å². The Morgan fingerprint density at radius 1 is 0.308 bits per heavy atom. The normalized spacial score (nSPS) is 14.1. The molecule has 0 saturated carbocycles. The molecule has 0 amide bonds. The van der Waals surface area contributed by atoms with Crippen molar-refractivity contribution in [3.05, 3.63) is 246 Å². The second-order valence-electron chi connectivity index (χ2n) is 17.9. The quantitative estimate of drug-likeness (QED) is 0.173. The van der Waals surface area contributed by atoms with Crippen molar-refractivity contribution in [1.29, 1.82) is 0 Å². The summed E-state index contributed by atoms with van der Waals surface area (Å²) < 4.78 is 6.78. The number of benzene rings is 9. The molecular formula is C61H41N3O. The van der Waals surface area contributed by atoms with E-state index in [0.717, 1.165) is 61.6 Å². The first-order valence-corrected chi connectivity index (χ1v) is 22.4. The highest BCUT2D eigenvalue weighted by atomic mass is 16.5. The predicted molar refractivity (Wildman–Crippen MR) is 262 cm³/mol. The highest BCUT2D eigenvalue weighted by Crippen LogP contribution is 2.64. The molecule has 1 spiro atoms. The lowest BCUT2D eigenvalue weighted by Crippen LogP contribution is -2.32. The number of para-hydroxylation sites is 2. The number of rotatable bonds is 5. The number of hydrogen-bond donors (Lipinski definition) is 0. The van der Waals surface area contributed by atoms with Crippen molar-refractivity contribution in [3.8, 4) is 90.2 Å². The maximum atomic E-state index is 6.78. The minimum atomic E-state index is -0.709. The van der Waals surface area contributed by atoms with E-state index in [1.807, 2.05) is 24.3 Å². The molecule has 2 aliphatic carbocycles. The molecule has 0 unspecified atom stereocenters. The van der Waals surface area contributed by atoms with E-state index in [1.165, 1.54) is 44.5 Å². The van der Waals surface area contributed by atoms with Crippen molar-refractivity contribution in [3.63, 3.8) is 0 Å². The summed E-state index contributed by atoms with van der Waals surface area (Å²) in [5.74, 6) is 3.57. The summed E-state index contributed by atoms with van der Waals surface area (Å²) in [7, 11) is 0. The molecule has 0 saturated heterocycles. The topological polar surface area (TPSA) is 47.9 Å². The number of nitrogens with zero attached hydrogens (tertiary/aromatic N) is 3. The Hall–Kier alpha value is -8.21. The Kier molecular flexibility index (Phi) is 8.13. The molecule has 2 heterocycles. The summed E-state index contributed by atoms with van der Waals surface area (Å²) in [4.78, 5) is 15.9. The maximum Gasteiger partial charge on any atom is 0.164 e. The van der Waals surface area contributed by atoms with Crippen molar-refractivity contribution >= 4 is 0 Å². The van der Waals surface area contributed by atoms with Crippen LogP contribution in [0.15, 0.2) is 212 Å². The van der Waals surface area contributed by atoms with Crippen LogP contribution in [-0.4, -0.2) is 15.0 Å². The SMILES string of the molecule is CC1(C)c2ccccc2-c2c(-c3ccc4c(c3)C3(c5ccccc5Oc5ccccc53)c3cccc(-c5nc(-c6ccccc6)nc(-c6cccc(-c7ccccc7)c6)n5)c3-4)cccc21. The molecule has 9 aromatic carbocycles. The third-order valence-corrected chi connectivity index (χ3v) is 14.0. The Balaban J connectivity index is 1.09. The van der Waals surface area contributed by atoms with Crippen LogP contribution in [-0.2, 0) is 10.8 Å². The summed E-state index contributed by atoms with van der Waals surface area (Å²) in [6, 6.07) is 75.9. The average Bonchev–Trinajstić information content (AvgIpc) is 3.79. The summed E-state index contributed by atoms with van der Waals surface area (Å²) >= 11 is 0. The van der Waals surface area contributed by atoms with Gasteiger partial charge >= 0.3 is 0 Å². The Morgan fingerprint density at radius 2 is 0.800 bits per heavy atom. The Morgan fingerprint density at radius 3 is 1.54 bits per heavy atom. The molecule has 0 fully saturated rings. The summed E-state index contributed by atoms with van der Waals surface area (Å²) in [5, 5.41) is 0. The van der Waals surface area contributed by atoms with Gasteiger partial charge in [0.2, 0.25) is 0 Å². The average molecular weight is 832 g/mol.